The van der Waals surface area contributed by atoms with E-state index >= 15 is 0 Å². The van der Waals surface area contributed by atoms with Crippen LogP contribution in [0, 0.1) is 0 Å². The highest BCUT2D eigenvalue weighted by molar-refractivity contribution is 5.52. The Morgan fingerprint density at radius 2 is 2.20 bits per heavy atom. The normalized spacial score (nSPS) is 13.4. The highest BCUT2D eigenvalue weighted by atomic mass is 16.3. The number of anilines is 2. The van der Waals surface area contributed by atoms with Crippen molar-refractivity contribution in [2.45, 2.75) is 32.4 Å². The van der Waals surface area contributed by atoms with Crippen LogP contribution in [-0.4, -0.2) is 21.7 Å². The fourth-order valence-electron chi connectivity index (χ4n) is 1.06. The SMILES string of the molecule is CC(O)C(C)(C)Nc1ccnc(NN)c1. The van der Waals surface area contributed by atoms with Crippen LogP contribution in [-0.2, 0) is 0 Å². The number of nitrogen functional groups attached to an aromatic ring is 1. The van der Waals surface area contributed by atoms with Crippen molar-refractivity contribution < 1.29 is 5.11 Å². The van der Waals surface area contributed by atoms with E-state index in [1.807, 2.05) is 19.9 Å². The van der Waals surface area contributed by atoms with Gasteiger partial charge in [0.2, 0.25) is 0 Å². The largest absolute Gasteiger partial charge is 0.391 e. The summed E-state index contributed by atoms with van der Waals surface area (Å²) in [4.78, 5) is 3.99. The zero-order valence-electron chi connectivity index (χ0n) is 9.28. The molecule has 1 rings (SSSR count). The van der Waals surface area contributed by atoms with Crippen LogP contribution < -0.4 is 16.6 Å². The van der Waals surface area contributed by atoms with E-state index in [1.165, 1.54) is 0 Å². The average molecular weight is 210 g/mol. The quantitative estimate of drug-likeness (QED) is 0.439. The minimum Gasteiger partial charge on any atom is -0.391 e. The summed E-state index contributed by atoms with van der Waals surface area (Å²) in [5, 5.41) is 12.8. The first-order chi connectivity index (χ1) is 6.95. The minimum atomic E-state index is -0.458. The second-order valence-corrected chi connectivity index (χ2v) is 4.10. The number of aromatic nitrogens is 1. The standard InChI is InChI=1S/C10H18N4O/c1-7(15)10(2,3)13-8-4-5-12-9(6-8)14-11/h4-7,15H,11H2,1-3H3,(H2,12,13,14). The monoisotopic (exact) mass is 210 g/mol. The maximum atomic E-state index is 9.55. The van der Waals surface area contributed by atoms with Crippen LogP contribution in [0.1, 0.15) is 20.8 Å². The lowest BCUT2D eigenvalue weighted by Crippen LogP contribution is -2.41. The molecule has 0 spiro atoms. The van der Waals surface area contributed by atoms with Gasteiger partial charge in [-0.2, -0.15) is 0 Å². The Morgan fingerprint density at radius 3 is 2.73 bits per heavy atom. The molecule has 15 heavy (non-hydrogen) atoms. The number of nitrogens with two attached hydrogens (primary N) is 1. The third-order valence-electron chi connectivity index (χ3n) is 2.42. The van der Waals surface area contributed by atoms with Gasteiger partial charge in [0.15, 0.2) is 0 Å². The predicted molar refractivity (Wildman–Crippen MR) is 61.4 cm³/mol. The average Bonchev–Trinajstić information content (AvgIpc) is 2.17. The molecule has 0 amide bonds. The summed E-state index contributed by atoms with van der Waals surface area (Å²) in [7, 11) is 0. The Kier molecular flexibility index (Phi) is 3.49. The smallest absolute Gasteiger partial charge is 0.141 e. The molecular weight excluding hydrogens is 192 g/mol. The third kappa shape index (κ3) is 3.07. The third-order valence-corrected chi connectivity index (χ3v) is 2.42. The predicted octanol–water partition coefficient (Wildman–Crippen LogP) is 0.938. The number of nitrogens with zero attached hydrogens (tertiary/aromatic N) is 1. The highest BCUT2D eigenvalue weighted by Crippen LogP contribution is 2.19. The van der Waals surface area contributed by atoms with Crippen molar-refractivity contribution in [3.05, 3.63) is 18.3 Å². The van der Waals surface area contributed by atoms with E-state index in [4.69, 9.17) is 5.84 Å². The molecule has 0 aliphatic carbocycles. The van der Waals surface area contributed by atoms with Gasteiger partial charge >= 0.3 is 0 Å². The Hall–Kier alpha value is -1.33. The molecule has 0 aliphatic rings. The fraction of sp³-hybridized carbons (Fsp3) is 0.500. The summed E-state index contributed by atoms with van der Waals surface area (Å²) in [5.74, 6) is 5.84. The first kappa shape index (κ1) is 11.7. The van der Waals surface area contributed by atoms with E-state index in [0.29, 0.717) is 5.82 Å². The van der Waals surface area contributed by atoms with Crippen LogP contribution >= 0.6 is 0 Å². The van der Waals surface area contributed by atoms with Crippen LogP contribution in [0.5, 0.6) is 0 Å². The topological polar surface area (TPSA) is 83.2 Å². The Morgan fingerprint density at radius 1 is 1.53 bits per heavy atom. The molecule has 0 radical (unpaired) electrons. The molecule has 0 aliphatic heterocycles. The van der Waals surface area contributed by atoms with Crippen molar-refractivity contribution in [1.29, 1.82) is 0 Å². The van der Waals surface area contributed by atoms with Crippen LogP contribution in [0.25, 0.3) is 0 Å². The van der Waals surface area contributed by atoms with Gasteiger partial charge in [0.25, 0.3) is 0 Å². The van der Waals surface area contributed by atoms with Crippen molar-refractivity contribution >= 4 is 11.5 Å². The van der Waals surface area contributed by atoms with Gasteiger partial charge in [0.1, 0.15) is 5.82 Å². The molecule has 84 valence electrons. The van der Waals surface area contributed by atoms with Crippen molar-refractivity contribution in [1.82, 2.24) is 4.98 Å². The van der Waals surface area contributed by atoms with E-state index in [1.54, 1.807) is 19.2 Å². The Bertz CT molecular complexity index is 325. The number of aliphatic hydroxyl groups is 1. The number of hydrogen-bond donors (Lipinski definition) is 4. The summed E-state index contributed by atoms with van der Waals surface area (Å²) in [6.07, 6.45) is 1.19. The maximum absolute atomic E-state index is 9.55. The van der Waals surface area contributed by atoms with Crippen LogP contribution in [0.2, 0.25) is 0 Å². The van der Waals surface area contributed by atoms with Crippen LogP contribution in [0.4, 0.5) is 11.5 Å². The lowest BCUT2D eigenvalue weighted by atomic mass is 9.98. The molecule has 0 saturated carbocycles. The molecule has 1 atom stereocenters. The second kappa shape index (κ2) is 4.46. The van der Waals surface area contributed by atoms with E-state index in [-0.39, 0.29) is 0 Å². The molecule has 1 unspecified atom stereocenters. The Labute approximate surface area is 89.7 Å². The number of hydrogen-bond acceptors (Lipinski definition) is 5. The summed E-state index contributed by atoms with van der Waals surface area (Å²) >= 11 is 0. The molecule has 1 aromatic rings. The second-order valence-electron chi connectivity index (χ2n) is 4.10. The van der Waals surface area contributed by atoms with Gasteiger partial charge in [0.05, 0.1) is 11.6 Å². The molecule has 0 saturated heterocycles. The van der Waals surface area contributed by atoms with Gasteiger partial charge in [-0.05, 0) is 26.8 Å². The van der Waals surface area contributed by atoms with E-state index in [2.05, 4.69) is 15.7 Å². The Balaban J connectivity index is 2.80. The van der Waals surface area contributed by atoms with Crippen molar-refractivity contribution in [2.75, 3.05) is 10.7 Å². The van der Waals surface area contributed by atoms with E-state index < -0.39 is 11.6 Å². The van der Waals surface area contributed by atoms with Gasteiger partial charge in [0, 0.05) is 18.0 Å². The van der Waals surface area contributed by atoms with Gasteiger partial charge in [-0.1, -0.05) is 0 Å². The molecule has 5 heteroatoms. The molecule has 0 fully saturated rings. The molecule has 0 aromatic carbocycles. The molecular formula is C10H18N4O. The lowest BCUT2D eigenvalue weighted by Gasteiger charge is -2.30. The number of nitrogens with one attached hydrogen (secondary N) is 2. The van der Waals surface area contributed by atoms with Crippen LogP contribution in [0.3, 0.4) is 0 Å². The molecule has 5 nitrogen and oxygen atoms in total. The van der Waals surface area contributed by atoms with E-state index in [9.17, 15) is 5.11 Å². The maximum Gasteiger partial charge on any atom is 0.141 e. The molecule has 5 N–H and O–H groups in total. The van der Waals surface area contributed by atoms with Crippen LogP contribution in [0.15, 0.2) is 18.3 Å². The van der Waals surface area contributed by atoms with Gasteiger partial charge in [-0.25, -0.2) is 10.8 Å². The van der Waals surface area contributed by atoms with Gasteiger partial charge in [-0.15, -0.1) is 0 Å². The van der Waals surface area contributed by atoms with Crippen molar-refractivity contribution in [2.24, 2.45) is 5.84 Å². The fourth-order valence-corrected chi connectivity index (χ4v) is 1.06. The lowest BCUT2D eigenvalue weighted by molar-refractivity contribution is 0.133. The number of aliphatic hydroxyl groups excluding tert-OH is 1. The van der Waals surface area contributed by atoms with Crippen molar-refractivity contribution in [3.8, 4) is 0 Å². The van der Waals surface area contributed by atoms with Gasteiger partial charge < -0.3 is 15.8 Å². The number of rotatable bonds is 4. The zero-order valence-corrected chi connectivity index (χ0v) is 9.28. The summed E-state index contributed by atoms with van der Waals surface area (Å²) < 4.78 is 0. The highest BCUT2D eigenvalue weighted by Gasteiger charge is 2.23. The molecule has 1 heterocycles. The summed E-state index contributed by atoms with van der Waals surface area (Å²) in [5.41, 5.74) is 2.94. The van der Waals surface area contributed by atoms with Crippen molar-refractivity contribution in [3.63, 3.8) is 0 Å². The molecule has 0 bridgehead atoms. The van der Waals surface area contributed by atoms with E-state index in [0.717, 1.165) is 5.69 Å². The number of hydrazine groups is 1. The first-order valence-electron chi connectivity index (χ1n) is 4.84. The minimum absolute atomic E-state index is 0.396. The molecule has 1 aromatic heterocycles. The number of pyridine rings is 1. The summed E-state index contributed by atoms with van der Waals surface area (Å²) in [6, 6.07) is 3.61. The summed E-state index contributed by atoms with van der Waals surface area (Å²) in [6.45, 7) is 5.59. The first-order valence-corrected chi connectivity index (χ1v) is 4.84. The zero-order chi connectivity index (χ0) is 11.5. The van der Waals surface area contributed by atoms with Gasteiger partial charge in [-0.3, -0.25) is 0 Å².